The third-order valence-electron chi connectivity index (χ3n) is 4.74. The summed E-state index contributed by atoms with van der Waals surface area (Å²) in [5, 5.41) is 3.00. The zero-order chi connectivity index (χ0) is 17.1. The lowest BCUT2D eigenvalue weighted by Crippen LogP contribution is -2.47. The third-order valence-corrected chi connectivity index (χ3v) is 4.74. The molecule has 1 saturated carbocycles. The molecule has 0 aromatic heterocycles. The number of hydrogen-bond acceptors (Lipinski definition) is 5. The van der Waals surface area contributed by atoms with Crippen molar-refractivity contribution in [2.24, 2.45) is 5.92 Å². The first-order valence-corrected chi connectivity index (χ1v) is 8.30. The Morgan fingerprint density at radius 1 is 1.12 bits per heavy atom. The second-order valence-corrected chi connectivity index (χ2v) is 6.28. The highest BCUT2D eigenvalue weighted by atomic mass is 16.6. The fourth-order valence-corrected chi connectivity index (χ4v) is 3.51. The molecule has 6 heteroatoms. The number of carbonyl (C=O) groups excluding carboxylic acids is 3. The zero-order valence-electron chi connectivity index (χ0n) is 13.6. The smallest absolute Gasteiger partial charge is 0.326 e. The summed E-state index contributed by atoms with van der Waals surface area (Å²) in [6.07, 6.45) is 5.18. The van der Waals surface area contributed by atoms with E-state index in [0.29, 0.717) is 11.3 Å². The van der Waals surface area contributed by atoms with Gasteiger partial charge in [-0.25, -0.2) is 0 Å². The molecule has 1 aromatic rings. The predicted molar refractivity (Wildman–Crippen MR) is 85.3 cm³/mol. The van der Waals surface area contributed by atoms with Crippen LogP contribution in [0.4, 0.5) is 0 Å². The van der Waals surface area contributed by atoms with E-state index in [0.717, 1.165) is 25.7 Å². The van der Waals surface area contributed by atoms with Gasteiger partial charge in [0.1, 0.15) is 5.75 Å². The van der Waals surface area contributed by atoms with Crippen LogP contribution < -0.4 is 10.1 Å². The molecule has 128 valence electrons. The van der Waals surface area contributed by atoms with Gasteiger partial charge in [0.05, 0.1) is 13.0 Å². The van der Waals surface area contributed by atoms with Crippen LogP contribution in [-0.4, -0.2) is 31.0 Å². The number of hydrogen-bond donors (Lipinski definition) is 1. The van der Waals surface area contributed by atoms with Gasteiger partial charge in [-0.05, 0) is 18.9 Å². The minimum atomic E-state index is -1.27. The number of carbonyl (C=O) groups is 3. The van der Waals surface area contributed by atoms with Gasteiger partial charge in [-0.2, -0.15) is 0 Å². The molecule has 6 nitrogen and oxygen atoms in total. The Bertz CT molecular complexity index is 651. The summed E-state index contributed by atoms with van der Waals surface area (Å²) in [5.41, 5.74) is 0.542. The number of benzene rings is 1. The van der Waals surface area contributed by atoms with E-state index >= 15 is 0 Å². The van der Waals surface area contributed by atoms with Crippen LogP contribution in [0.3, 0.4) is 0 Å². The standard InChI is InChI=1S/C18H21NO5/c1-23-17(21)15-14(16(20)19-11-7-3-2-4-8-11)12-9-5-6-10-13(12)24-18(15)22/h5-6,9-11,14-15H,2-4,7-8H2,1H3,(H,19,20)/t14-,15+/m0/s1. The Morgan fingerprint density at radius 2 is 1.83 bits per heavy atom. The first-order chi connectivity index (χ1) is 11.6. The van der Waals surface area contributed by atoms with Crippen LogP contribution in [-0.2, 0) is 19.1 Å². The minimum Gasteiger partial charge on any atom is -0.468 e. The molecule has 1 aliphatic heterocycles. The number of nitrogens with one attached hydrogen (secondary N) is 1. The van der Waals surface area contributed by atoms with Gasteiger partial charge in [-0.1, -0.05) is 37.5 Å². The van der Waals surface area contributed by atoms with Crippen molar-refractivity contribution in [3.8, 4) is 5.75 Å². The first kappa shape index (κ1) is 16.5. The van der Waals surface area contributed by atoms with Crippen molar-refractivity contribution in [2.75, 3.05) is 7.11 Å². The molecule has 0 unspecified atom stereocenters. The highest BCUT2D eigenvalue weighted by Crippen LogP contribution is 2.38. The summed E-state index contributed by atoms with van der Waals surface area (Å²) < 4.78 is 9.94. The van der Waals surface area contributed by atoms with Gasteiger partial charge in [0.15, 0.2) is 5.92 Å². The van der Waals surface area contributed by atoms with Crippen molar-refractivity contribution < 1.29 is 23.9 Å². The molecule has 0 spiro atoms. The van der Waals surface area contributed by atoms with Gasteiger partial charge in [-0.3, -0.25) is 14.4 Å². The predicted octanol–water partition coefficient (Wildman–Crippen LogP) is 1.93. The van der Waals surface area contributed by atoms with E-state index in [1.54, 1.807) is 24.3 Å². The van der Waals surface area contributed by atoms with Crippen molar-refractivity contribution in [2.45, 2.75) is 44.1 Å². The highest BCUT2D eigenvalue weighted by Gasteiger charge is 2.47. The van der Waals surface area contributed by atoms with Crippen LogP contribution in [0.1, 0.15) is 43.6 Å². The molecule has 1 heterocycles. The maximum atomic E-state index is 12.9. The second-order valence-electron chi connectivity index (χ2n) is 6.28. The van der Waals surface area contributed by atoms with Crippen molar-refractivity contribution in [3.05, 3.63) is 29.8 Å². The van der Waals surface area contributed by atoms with E-state index in [1.165, 1.54) is 13.5 Å². The molecular formula is C18H21NO5. The number of fused-ring (bicyclic) bond motifs is 1. The Labute approximate surface area is 140 Å². The summed E-state index contributed by atoms with van der Waals surface area (Å²) in [7, 11) is 1.20. The third kappa shape index (κ3) is 3.13. The molecule has 0 radical (unpaired) electrons. The summed E-state index contributed by atoms with van der Waals surface area (Å²) in [5.74, 6) is -3.68. The monoisotopic (exact) mass is 331 g/mol. The summed E-state index contributed by atoms with van der Waals surface area (Å²) in [6.45, 7) is 0. The maximum absolute atomic E-state index is 12.9. The Morgan fingerprint density at radius 3 is 2.54 bits per heavy atom. The molecule has 1 N–H and O–H groups in total. The molecule has 0 bridgehead atoms. The first-order valence-electron chi connectivity index (χ1n) is 8.30. The largest absolute Gasteiger partial charge is 0.468 e. The van der Waals surface area contributed by atoms with E-state index in [-0.39, 0.29) is 11.9 Å². The SMILES string of the molecule is COC(=O)[C@@H]1C(=O)Oc2ccccc2[C@@H]1C(=O)NC1CCCCC1. The van der Waals surface area contributed by atoms with Crippen LogP contribution in [0.2, 0.25) is 0 Å². The molecule has 1 aliphatic carbocycles. The lowest BCUT2D eigenvalue weighted by molar-refractivity contribution is -0.160. The fraction of sp³-hybridized carbons (Fsp3) is 0.500. The van der Waals surface area contributed by atoms with E-state index in [1.807, 2.05) is 0 Å². The van der Waals surface area contributed by atoms with Crippen LogP contribution >= 0.6 is 0 Å². The second kappa shape index (κ2) is 7.03. The van der Waals surface area contributed by atoms with Gasteiger partial charge >= 0.3 is 11.9 Å². The molecule has 2 aliphatic rings. The van der Waals surface area contributed by atoms with Crippen molar-refractivity contribution in [1.29, 1.82) is 0 Å². The Balaban J connectivity index is 1.91. The van der Waals surface area contributed by atoms with Crippen molar-refractivity contribution >= 4 is 17.8 Å². The summed E-state index contributed by atoms with van der Waals surface area (Å²) in [4.78, 5) is 37.2. The van der Waals surface area contributed by atoms with Crippen LogP contribution in [0.15, 0.2) is 24.3 Å². The fourth-order valence-electron chi connectivity index (χ4n) is 3.51. The normalized spacial score (nSPS) is 23.8. The van der Waals surface area contributed by atoms with E-state index in [2.05, 4.69) is 5.32 Å². The van der Waals surface area contributed by atoms with Gasteiger partial charge in [0.25, 0.3) is 0 Å². The zero-order valence-corrected chi connectivity index (χ0v) is 13.6. The lowest BCUT2D eigenvalue weighted by atomic mass is 9.82. The number of ether oxygens (including phenoxy) is 2. The number of methoxy groups -OCH3 is 1. The van der Waals surface area contributed by atoms with Crippen LogP contribution in [0, 0.1) is 5.92 Å². The number of esters is 2. The van der Waals surface area contributed by atoms with Gasteiger partial charge in [0.2, 0.25) is 5.91 Å². The van der Waals surface area contributed by atoms with E-state index in [9.17, 15) is 14.4 Å². The number of rotatable bonds is 3. The van der Waals surface area contributed by atoms with Crippen molar-refractivity contribution in [3.63, 3.8) is 0 Å². The van der Waals surface area contributed by atoms with Gasteiger partial charge in [0, 0.05) is 11.6 Å². The molecule has 0 saturated heterocycles. The quantitative estimate of drug-likeness (QED) is 0.520. The molecule has 1 aromatic carbocycles. The van der Waals surface area contributed by atoms with E-state index in [4.69, 9.17) is 9.47 Å². The molecule has 1 amide bonds. The maximum Gasteiger partial charge on any atom is 0.326 e. The van der Waals surface area contributed by atoms with Gasteiger partial charge in [-0.15, -0.1) is 0 Å². The summed E-state index contributed by atoms with van der Waals surface area (Å²) >= 11 is 0. The topological polar surface area (TPSA) is 81.7 Å². The van der Waals surface area contributed by atoms with Gasteiger partial charge < -0.3 is 14.8 Å². The molecule has 1 fully saturated rings. The van der Waals surface area contributed by atoms with E-state index < -0.39 is 23.8 Å². The van der Waals surface area contributed by atoms with Crippen molar-refractivity contribution in [1.82, 2.24) is 5.32 Å². The molecule has 3 rings (SSSR count). The Kier molecular flexibility index (Phi) is 4.83. The molecular weight excluding hydrogens is 310 g/mol. The number of para-hydroxylation sites is 1. The Hall–Kier alpha value is -2.37. The lowest BCUT2D eigenvalue weighted by Gasteiger charge is -2.31. The van der Waals surface area contributed by atoms with Crippen LogP contribution in [0.5, 0.6) is 5.75 Å². The highest BCUT2D eigenvalue weighted by molar-refractivity contribution is 6.04. The average molecular weight is 331 g/mol. The summed E-state index contributed by atoms with van der Waals surface area (Å²) in [6, 6.07) is 6.91. The average Bonchev–Trinajstić information content (AvgIpc) is 2.60. The molecule has 2 atom stereocenters. The minimum absolute atomic E-state index is 0.0923. The molecule has 24 heavy (non-hydrogen) atoms. The number of amides is 1. The van der Waals surface area contributed by atoms with Crippen LogP contribution in [0.25, 0.3) is 0 Å².